The summed E-state index contributed by atoms with van der Waals surface area (Å²) in [6.45, 7) is 2.23. The van der Waals surface area contributed by atoms with Crippen LogP contribution in [0.5, 0.6) is 0 Å². The van der Waals surface area contributed by atoms with Gasteiger partial charge in [0.2, 0.25) is 0 Å². The van der Waals surface area contributed by atoms with E-state index in [9.17, 15) is 4.57 Å². The highest BCUT2D eigenvalue weighted by Gasteiger charge is 2.32. The fourth-order valence-electron chi connectivity index (χ4n) is 3.67. The van der Waals surface area contributed by atoms with Crippen molar-refractivity contribution in [2.24, 2.45) is 0 Å². The van der Waals surface area contributed by atoms with Crippen molar-refractivity contribution in [2.45, 2.75) is 44.9 Å². The molecule has 1 aromatic heterocycles. The first-order valence-corrected chi connectivity index (χ1v) is 11.9. The summed E-state index contributed by atoms with van der Waals surface area (Å²) in [5.41, 5.74) is 0. The Morgan fingerprint density at radius 3 is 1.96 bits per heavy atom. The highest BCUT2D eigenvalue weighted by Crippen LogP contribution is 2.48. The van der Waals surface area contributed by atoms with E-state index in [1.165, 1.54) is 19.3 Å². The van der Waals surface area contributed by atoms with Gasteiger partial charge in [-0.25, -0.2) is 0 Å². The summed E-state index contributed by atoms with van der Waals surface area (Å²) in [6, 6.07) is 23.9. The lowest BCUT2D eigenvalue weighted by Gasteiger charge is -2.24. The monoisotopic (exact) mass is 380 g/mol. The molecule has 0 spiro atoms. The van der Waals surface area contributed by atoms with Gasteiger partial charge in [-0.2, -0.15) is 0 Å². The molecule has 0 amide bonds. The molecule has 1 atom stereocenters. The van der Waals surface area contributed by atoms with E-state index in [2.05, 4.69) is 6.92 Å². The minimum atomic E-state index is -2.74. The summed E-state index contributed by atoms with van der Waals surface area (Å²) in [4.78, 5) is 0. The SMILES string of the molecule is CCCCCC[C@@H](CP(=O)(c1ccccc1)c1ccccc1)c1ccco1. The molecule has 3 aromatic rings. The number of furan rings is 1. The number of hydrogen-bond donors (Lipinski definition) is 0. The molecule has 27 heavy (non-hydrogen) atoms. The second-order valence-electron chi connectivity index (χ2n) is 7.16. The van der Waals surface area contributed by atoms with Crippen molar-refractivity contribution in [3.8, 4) is 0 Å². The third-order valence-corrected chi connectivity index (χ3v) is 8.40. The van der Waals surface area contributed by atoms with E-state index in [4.69, 9.17) is 4.42 Å². The predicted molar refractivity (Wildman–Crippen MR) is 115 cm³/mol. The maximum atomic E-state index is 14.4. The molecule has 0 fully saturated rings. The third-order valence-electron chi connectivity index (χ3n) is 5.18. The highest BCUT2D eigenvalue weighted by molar-refractivity contribution is 7.78. The second kappa shape index (κ2) is 9.76. The van der Waals surface area contributed by atoms with E-state index in [1.807, 2.05) is 72.8 Å². The van der Waals surface area contributed by atoms with Gasteiger partial charge >= 0.3 is 0 Å². The molecular weight excluding hydrogens is 351 g/mol. The Bertz CT molecular complexity index is 782. The summed E-state index contributed by atoms with van der Waals surface area (Å²) >= 11 is 0. The van der Waals surface area contributed by atoms with Crippen LogP contribution in [0.3, 0.4) is 0 Å². The van der Waals surface area contributed by atoms with E-state index in [0.717, 1.165) is 29.2 Å². The maximum absolute atomic E-state index is 14.4. The molecule has 3 heteroatoms. The molecule has 0 radical (unpaired) electrons. The van der Waals surface area contributed by atoms with Crippen LogP contribution in [-0.4, -0.2) is 6.16 Å². The normalized spacial score (nSPS) is 12.8. The van der Waals surface area contributed by atoms with E-state index in [0.29, 0.717) is 6.16 Å². The zero-order chi connectivity index (χ0) is 19.0. The number of rotatable bonds is 10. The van der Waals surface area contributed by atoms with E-state index in [1.54, 1.807) is 6.26 Å². The summed E-state index contributed by atoms with van der Waals surface area (Å²) < 4.78 is 20.1. The van der Waals surface area contributed by atoms with Gasteiger partial charge < -0.3 is 8.98 Å². The van der Waals surface area contributed by atoms with Crippen LogP contribution in [0.2, 0.25) is 0 Å². The summed E-state index contributed by atoms with van der Waals surface area (Å²) in [7, 11) is -2.74. The molecule has 0 N–H and O–H groups in total. The van der Waals surface area contributed by atoms with Gasteiger partial charge in [-0.05, 0) is 18.6 Å². The zero-order valence-corrected chi connectivity index (χ0v) is 17.0. The average Bonchev–Trinajstić information content (AvgIpc) is 3.26. The molecule has 0 saturated carbocycles. The lowest BCUT2D eigenvalue weighted by Crippen LogP contribution is -2.21. The minimum absolute atomic E-state index is 0.170. The Morgan fingerprint density at radius 2 is 1.44 bits per heavy atom. The smallest absolute Gasteiger partial charge is 0.143 e. The van der Waals surface area contributed by atoms with Crippen molar-refractivity contribution in [3.05, 3.63) is 84.8 Å². The third kappa shape index (κ3) is 5.02. The molecule has 2 nitrogen and oxygen atoms in total. The Labute approximate surface area is 163 Å². The Kier molecular flexibility index (Phi) is 7.12. The van der Waals surface area contributed by atoms with Crippen molar-refractivity contribution < 1.29 is 8.98 Å². The van der Waals surface area contributed by atoms with E-state index < -0.39 is 7.14 Å². The molecule has 0 unspecified atom stereocenters. The molecule has 0 aliphatic rings. The van der Waals surface area contributed by atoms with E-state index in [-0.39, 0.29) is 5.92 Å². The second-order valence-corrected chi connectivity index (χ2v) is 10.0. The molecule has 3 rings (SSSR count). The number of benzene rings is 2. The molecule has 0 aliphatic heterocycles. The lowest BCUT2D eigenvalue weighted by atomic mass is 10.0. The van der Waals surface area contributed by atoms with Crippen molar-refractivity contribution >= 4 is 17.8 Å². The van der Waals surface area contributed by atoms with Crippen LogP contribution < -0.4 is 10.6 Å². The number of hydrogen-bond acceptors (Lipinski definition) is 2. The van der Waals surface area contributed by atoms with Crippen LogP contribution in [0, 0.1) is 0 Å². The van der Waals surface area contributed by atoms with Crippen LogP contribution in [0.25, 0.3) is 0 Å². The molecule has 1 heterocycles. The van der Waals surface area contributed by atoms with Gasteiger partial charge in [0.15, 0.2) is 0 Å². The zero-order valence-electron chi connectivity index (χ0n) is 16.1. The van der Waals surface area contributed by atoms with Crippen LogP contribution in [0.4, 0.5) is 0 Å². The van der Waals surface area contributed by atoms with Crippen LogP contribution in [0.15, 0.2) is 83.5 Å². The van der Waals surface area contributed by atoms with Gasteiger partial charge in [0.1, 0.15) is 12.9 Å². The van der Waals surface area contributed by atoms with Gasteiger partial charge in [-0.3, -0.25) is 0 Å². The first-order valence-electron chi connectivity index (χ1n) is 9.97. The first kappa shape index (κ1) is 19.7. The van der Waals surface area contributed by atoms with Crippen molar-refractivity contribution in [2.75, 3.05) is 6.16 Å². The van der Waals surface area contributed by atoms with Crippen molar-refractivity contribution in [1.29, 1.82) is 0 Å². The van der Waals surface area contributed by atoms with Gasteiger partial charge in [0, 0.05) is 22.7 Å². The largest absolute Gasteiger partial charge is 0.469 e. The molecule has 0 aliphatic carbocycles. The van der Waals surface area contributed by atoms with E-state index >= 15 is 0 Å². The fraction of sp³-hybridized carbons (Fsp3) is 0.333. The quantitative estimate of drug-likeness (QED) is 0.303. The topological polar surface area (TPSA) is 30.2 Å². The van der Waals surface area contributed by atoms with Crippen LogP contribution in [-0.2, 0) is 4.57 Å². The van der Waals surface area contributed by atoms with Gasteiger partial charge in [0.05, 0.1) is 6.26 Å². The molecule has 2 aromatic carbocycles. The average molecular weight is 380 g/mol. The molecule has 0 saturated heterocycles. The lowest BCUT2D eigenvalue weighted by molar-refractivity contribution is 0.449. The summed E-state index contributed by atoms with van der Waals surface area (Å²) in [6.07, 6.45) is 8.18. The van der Waals surface area contributed by atoms with Gasteiger partial charge in [0.25, 0.3) is 0 Å². The standard InChI is InChI=1S/C24H29O2P/c1-2-3-4-7-13-21(24-18-12-19-26-24)20-27(25,22-14-8-5-9-15-22)23-16-10-6-11-17-23/h5-6,8-12,14-19,21H,2-4,7,13,20H2,1H3/t21-/m0/s1. The highest BCUT2D eigenvalue weighted by atomic mass is 31.2. The molecular formula is C24H29O2P. The van der Waals surface area contributed by atoms with Gasteiger partial charge in [-0.1, -0.05) is 93.3 Å². The van der Waals surface area contributed by atoms with Crippen molar-refractivity contribution in [1.82, 2.24) is 0 Å². The molecule has 142 valence electrons. The molecule has 0 bridgehead atoms. The Morgan fingerprint density at radius 1 is 0.815 bits per heavy atom. The Hall–Kier alpha value is -2.05. The van der Waals surface area contributed by atoms with Gasteiger partial charge in [-0.15, -0.1) is 0 Å². The van der Waals surface area contributed by atoms with Crippen molar-refractivity contribution in [3.63, 3.8) is 0 Å². The minimum Gasteiger partial charge on any atom is -0.469 e. The summed E-state index contributed by atoms with van der Waals surface area (Å²) in [5, 5.41) is 1.86. The van der Waals surface area contributed by atoms with Crippen LogP contribution in [0.1, 0.15) is 50.7 Å². The maximum Gasteiger partial charge on any atom is 0.143 e. The Balaban J connectivity index is 1.92. The van der Waals surface area contributed by atoms with Crippen LogP contribution >= 0.6 is 7.14 Å². The predicted octanol–water partition coefficient (Wildman–Crippen LogP) is 6.35. The fourth-order valence-corrected chi connectivity index (χ4v) is 6.68. The first-order chi connectivity index (χ1) is 13.2. The number of unbranched alkanes of at least 4 members (excludes halogenated alkanes) is 3. The summed E-state index contributed by atoms with van der Waals surface area (Å²) in [5.74, 6) is 1.13.